The van der Waals surface area contributed by atoms with E-state index in [1.807, 2.05) is 19.4 Å². The number of anilines is 1. The Kier molecular flexibility index (Phi) is 4.96. The monoisotopic (exact) mass is 312 g/mol. The van der Waals surface area contributed by atoms with Crippen molar-refractivity contribution in [3.8, 4) is 0 Å². The van der Waals surface area contributed by atoms with Gasteiger partial charge in [-0.3, -0.25) is 9.48 Å². The molecule has 0 spiro atoms. The molecule has 0 aliphatic heterocycles. The molecule has 0 aromatic carbocycles. The second-order valence-electron chi connectivity index (χ2n) is 4.28. The molecular formula is C11H16N6OS2. The number of carbonyl (C=O) groups is 1. The van der Waals surface area contributed by atoms with Crippen LogP contribution in [0.15, 0.2) is 16.7 Å². The van der Waals surface area contributed by atoms with Crippen LogP contribution in [0.5, 0.6) is 0 Å². The van der Waals surface area contributed by atoms with Gasteiger partial charge in [0.2, 0.25) is 11.0 Å². The molecule has 1 amide bonds. The van der Waals surface area contributed by atoms with Crippen molar-refractivity contribution in [1.82, 2.24) is 24.9 Å². The summed E-state index contributed by atoms with van der Waals surface area (Å²) in [5.74, 6) is 0.408. The molecule has 108 valence electrons. The van der Waals surface area contributed by atoms with E-state index < -0.39 is 0 Å². The highest BCUT2D eigenvalue weighted by Crippen LogP contribution is 2.23. The highest BCUT2D eigenvalue weighted by molar-refractivity contribution is 8.01. The first-order chi connectivity index (χ1) is 9.54. The van der Waals surface area contributed by atoms with Crippen LogP contribution in [0.3, 0.4) is 0 Å². The van der Waals surface area contributed by atoms with E-state index in [4.69, 9.17) is 5.73 Å². The molecule has 2 heterocycles. The molecule has 2 aromatic rings. The molecule has 0 aliphatic carbocycles. The second-order valence-corrected chi connectivity index (χ2v) is 6.51. The summed E-state index contributed by atoms with van der Waals surface area (Å²) in [7, 11) is 3.68. The summed E-state index contributed by atoms with van der Waals surface area (Å²) >= 11 is 2.65. The van der Waals surface area contributed by atoms with Crippen LogP contribution >= 0.6 is 23.1 Å². The Morgan fingerprint density at radius 2 is 2.35 bits per heavy atom. The molecule has 0 atom stereocenters. The van der Waals surface area contributed by atoms with Crippen molar-refractivity contribution in [3.05, 3.63) is 18.0 Å². The Bertz CT molecular complexity index is 581. The van der Waals surface area contributed by atoms with Gasteiger partial charge in [0, 0.05) is 26.8 Å². The number of rotatable bonds is 6. The number of aromatic nitrogens is 4. The third-order valence-corrected chi connectivity index (χ3v) is 4.53. The normalized spacial score (nSPS) is 10.7. The lowest BCUT2D eigenvalue weighted by Gasteiger charge is -2.15. The first-order valence-electron chi connectivity index (χ1n) is 5.98. The molecule has 0 radical (unpaired) electrons. The first-order valence-corrected chi connectivity index (χ1v) is 7.78. The van der Waals surface area contributed by atoms with E-state index in [0.29, 0.717) is 17.4 Å². The zero-order valence-corrected chi connectivity index (χ0v) is 12.9. The van der Waals surface area contributed by atoms with Crippen LogP contribution in [0, 0.1) is 0 Å². The number of carbonyl (C=O) groups excluding carboxylic acids is 1. The standard InChI is InChI=1S/C11H16N6OS2/c1-16(4-3-8-5-13-17(2)6-8)9(18)7-19-11-15-14-10(12)20-11/h5-6H,3-4,7H2,1-2H3,(H2,12,14). The second kappa shape index (κ2) is 6.71. The van der Waals surface area contributed by atoms with E-state index in [1.54, 1.807) is 16.6 Å². The topological polar surface area (TPSA) is 89.9 Å². The van der Waals surface area contributed by atoms with Crippen molar-refractivity contribution < 1.29 is 4.79 Å². The summed E-state index contributed by atoms with van der Waals surface area (Å²) in [4.78, 5) is 13.7. The lowest BCUT2D eigenvalue weighted by Crippen LogP contribution is -2.30. The minimum Gasteiger partial charge on any atom is -0.374 e. The van der Waals surface area contributed by atoms with Gasteiger partial charge in [-0.2, -0.15) is 5.10 Å². The van der Waals surface area contributed by atoms with Gasteiger partial charge in [0.15, 0.2) is 4.34 Å². The van der Waals surface area contributed by atoms with E-state index >= 15 is 0 Å². The largest absolute Gasteiger partial charge is 0.374 e. The fourth-order valence-corrected chi connectivity index (χ4v) is 3.11. The van der Waals surface area contributed by atoms with E-state index in [0.717, 1.165) is 16.3 Å². The van der Waals surface area contributed by atoms with E-state index in [1.165, 1.54) is 23.1 Å². The van der Waals surface area contributed by atoms with Gasteiger partial charge in [-0.15, -0.1) is 10.2 Å². The van der Waals surface area contributed by atoms with Gasteiger partial charge in [-0.25, -0.2) is 0 Å². The van der Waals surface area contributed by atoms with E-state index in [-0.39, 0.29) is 5.91 Å². The fourth-order valence-electron chi connectivity index (χ4n) is 1.53. The third-order valence-electron chi connectivity index (χ3n) is 2.66. The minimum absolute atomic E-state index is 0.0626. The number of hydrogen-bond donors (Lipinski definition) is 1. The number of amides is 1. The van der Waals surface area contributed by atoms with Crippen molar-refractivity contribution in [2.24, 2.45) is 7.05 Å². The Hall–Kier alpha value is -1.61. The molecule has 0 fully saturated rings. The van der Waals surface area contributed by atoms with E-state index in [2.05, 4.69) is 15.3 Å². The number of likely N-dealkylation sites (N-methyl/N-ethyl adjacent to an activating group) is 1. The number of nitrogen functional groups attached to an aromatic ring is 1. The van der Waals surface area contributed by atoms with E-state index in [9.17, 15) is 4.79 Å². The van der Waals surface area contributed by atoms with Gasteiger partial charge in [0.05, 0.1) is 11.9 Å². The average Bonchev–Trinajstić information content (AvgIpc) is 3.02. The van der Waals surface area contributed by atoms with Gasteiger partial charge in [-0.1, -0.05) is 23.1 Å². The quantitative estimate of drug-likeness (QED) is 0.788. The Balaban J connectivity index is 1.74. The number of nitrogens with zero attached hydrogens (tertiary/aromatic N) is 5. The maximum absolute atomic E-state index is 12.0. The Morgan fingerprint density at radius 1 is 1.55 bits per heavy atom. The van der Waals surface area contributed by atoms with Crippen molar-refractivity contribution in [3.63, 3.8) is 0 Å². The van der Waals surface area contributed by atoms with Crippen LogP contribution in [0.2, 0.25) is 0 Å². The lowest BCUT2D eigenvalue weighted by molar-refractivity contribution is -0.127. The highest BCUT2D eigenvalue weighted by atomic mass is 32.2. The minimum atomic E-state index is 0.0626. The smallest absolute Gasteiger partial charge is 0.232 e. The van der Waals surface area contributed by atoms with Gasteiger partial charge in [-0.05, 0) is 12.0 Å². The maximum Gasteiger partial charge on any atom is 0.232 e. The predicted molar refractivity (Wildman–Crippen MR) is 79.6 cm³/mol. The molecule has 2 rings (SSSR count). The summed E-state index contributed by atoms with van der Waals surface area (Å²) in [6.07, 6.45) is 4.57. The van der Waals surface area contributed by atoms with Gasteiger partial charge < -0.3 is 10.6 Å². The van der Waals surface area contributed by atoms with Crippen LogP contribution < -0.4 is 5.73 Å². The summed E-state index contributed by atoms with van der Waals surface area (Å²) in [6.45, 7) is 0.670. The molecule has 0 saturated heterocycles. The van der Waals surface area contributed by atoms with Crippen LogP contribution in [0.25, 0.3) is 0 Å². The molecule has 2 N–H and O–H groups in total. The zero-order valence-electron chi connectivity index (χ0n) is 11.3. The van der Waals surface area contributed by atoms with Crippen LogP contribution in [0.4, 0.5) is 5.13 Å². The molecule has 9 heteroatoms. The van der Waals surface area contributed by atoms with Crippen molar-refractivity contribution in [1.29, 1.82) is 0 Å². The van der Waals surface area contributed by atoms with Gasteiger partial charge >= 0.3 is 0 Å². The molecule has 7 nitrogen and oxygen atoms in total. The van der Waals surface area contributed by atoms with Crippen LogP contribution in [0.1, 0.15) is 5.56 Å². The number of nitrogens with two attached hydrogens (primary N) is 1. The third kappa shape index (κ3) is 4.20. The fraction of sp³-hybridized carbons (Fsp3) is 0.455. The highest BCUT2D eigenvalue weighted by Gasteiger charge is 2.11. The molecule has 0 aliphatic rings. The van der Waals surface area contributed by atoms with Gasteiger partial charge in [0.1, 0.15) is 0 Å². The lowest BCUT2D eigenvalue weighted by atomic mass is 10.2. The van der Waals surface area contributed by atoms with Crippen molar-refractivity contribution in [2.75, 3.05) is 25.1 Å². The summed E-state index contributed by atoms with van der Waals surface area (Å²) < 4.78 is 2.48. The zero-order chi connectivity index (χ0) is 14.5. The Morgan fingerprint density at radius 3 is 2.95 bits per heavy atom. The van der Waals surface area contributed by atoms with Crippen molar-refractivity contribution in [2.45, 2.75) is 10.8 Å². The van der Waals surface area contributed by atoms with Gasteiger partial charge in [0.25, 0.3) is 0 Å². The molecule has 0 unspecified atom stereocenters. The Labute approximate surface area is 125 Å². The first kappa shape index (κ1) is 14.8. The van der Waals surface area contributed by atoms with Crippen molar-refractivity contribution >= 4 is 34.1 Å². The van der Waals surface area contributed by atoms with Crippen LogP contribution in [-0.4, -0.2) is 50.1 Å². The molecule has 20 heavy (non-hydrogen) atoms. The summed E-state index contributed by atoms with van der Waals surface area (Å²) in [5.41, 5.74) is 6.61. The predicted octanol–water partition coefficient (Wildman–Crippen LogP) is 0.647. The summed E-state index contributed by atoms with van der Waals surface area (Å²) in [5, 5.41) is 12.1. The number of thioether (sulfide) groups is 1. The van der Waals surface area contributed by atoms with Crippen LogP contribution in [-0.2, 0) is 18.3 Å². The number of aryl methyl sites for hydroxylation is 1. The average molecular weight is 312 g/mol. The molecular weight excluding hydrogens is 296 g/mol. The SMILES string of the molecule is CN(CCc1cnn(C)c1)C(=O)CSc1nnc(N)s1. The summed E-state index contributed by atoms with van der Waals surface area (Å²) in [6, 6.07) is 0. The molecule has 0 saturated carbocycles. The molecule has 2 aromatic heterocycles. The molecule has 0 bridgehead atoms. The maximum atomic E-state index is 12.0. The number of hydrogen-bond acceptors (Lipinski definition) is 7.